The Morgan fingerprint density at radius 1 is 1.23 bits per heavy atom. The number of carbonyl (C=O) groups excluding carboxylic acids is 1. The van der Waals surface area contributed by atoms with Crippen molar-refractivity contribution in [1.29, 1.82) is 0 Å². The number of nitro groups is 1. The molecule has 0 unspecified atom stereocenters. The first-order chi connectivity index (χ1) is 14.4. The molecular formula is C21H20N2O5S2. The summed E-state index contributed by atoms with van der Waals surface area (Å²) in [5.74, 6) is 0.347. The maximum atomic E-state index is 12.6. The van der Waals surface area contributed by atoms with Crippen molar-refractivity contribution in [3.63, 3.8) is 0 Å². The van der Waals surface area contributed by atoms with Gasteiger partial charge >= 0.3 is 0 Å². The fourth-order valence-electron chi connectivity index (χ4n) is 2.90. The van der Waals surface area contributed by atoms with E-state index in [1.165, 1.54) is 30.2 Å². The van der Waals surface area contributed by atoms with E-state index >= 15 is 0 Å². The largest absolute Gasteiger partial charge is 0.493 e. The molecule has 0 atom stereocenters. The van der Waals surface area contributed by atoms with Crippen molar-refractivity contribution in [1.82, 2.24) is 4.90 Å². The van der Waals surface area contributed by atoms with E-state index in [1.54, 1.807) is 0 Å². The standard InChI is InChI=1S/C21H20N2O5S2/c1-3-9-22-20(24)19(30-21(22)29)11-15-10-17(27-2)18(12-16(15)23(25)26)28-13-14-7-5-4-6-8-14/h4-8,10-12H,3,9,13H2,1-2H3/b19-11-. The zero-order chi connectivity index (χ0) is 21.7. The van der Waals surface area contributed by atoms with Gasteiger partial charge in [0.15, 0.2) is 11.5 Å². The molecule has 0 N–H and O–H groups in total. The number of amides is 1. The molecule has 1 aliphatic heterocycles. The molecule has 0 saturated carbocycles. The highest BCUT2D eigenvalue weighted by atomic mass is 32.2. The summed E-state index contributed by atoms with van der Waals surface area (Å²) >= 11 is 6.40. The van der Waals surface area contributed by atoms with E-state index in [2.05, 4.69) is 0 Å². The van der Waals surface area contributed by atoms with Crippen LogP contribution in [0.1, 0.15) is 24.5 Å². The molecule has 0 bridgehead atoms. The topological polar surface area (TPSA) is 81.9 Å². The summed E-state index contributed by atoms with van der Waals surface area (Å²) in [7, 11) is 1.46. The number of nitro benzene ring substituents is 1. The molecule has 0 spiro atoms. The van der Waals surface area contributed by atoms with Crippen LogP contribution in [0, 0.1) is 10.1 Å². The molecule has 0 radical (unpaired) electrons. The van der Waals surface area contributed by atoms with Crippen molar-refractivity contribution >= 4 is 46.0 Å². The average molecular weight is 445 g/mol. The van der Waals surface area contributed by atoms with Gasteiger partial charge < -0.3 is 9.47 Å². The summed E-state index contributed by atoms with van der Waals surface area (Å²) < 4.78 is 11.6. The quantitative estimate of drug-likeness (QED) is 0.250. The van der Waals surface area contributed by atoms with Crippen LogP contribution in [0.3, 0.4) is 0 Å². The van der Waals surface area contributed by atoms with Gasteiger partial charge in [-0.1, -0.05) is 61.2 Å². The van der Waals surface area contributed by atoms with E-state index in [9.17, 15) is 14.9 Å². The highest BCUT2D eigenvalue weighted by Gasteiger charge is 2.32. The summed E-state index contributed by atoms with van der Waals surface area (Å²) in [4.78, 5) is 25.6. The molecule has 1 aliphatic rings. The van der Waals surface area contributed by atoms with Crippen LogP contribution < -0.4 is 9.47 Å². The Morgan fingerprint density at radius 3 is 2.60 bits per heavy atom. The molecular weight excluding hydrogens is 424 g/mol. The third kappa shape index (κ3) is 4.80. The summed E-state index contributed by atoms with van der Waals surface area (Å²) in [5.41, 5.74) is 0.992. The van der Waals surface area contributed by atoms with Crippen LogP contribution in [-0.2, 0) is 11.4 Å². The van der Waals surface area contributed by atoms with Crippen LogP contribution in [-0.4, -0.2) is 33.7 Å². The number of thiocarbonyl (C=S) groups is 1. The molecule has 0 aliphatic carbocycles. The molecule has 1 amide bonds. The second-order valence-electron chi connectivity index (χ2n) is 6.43. The number of hydrogen-bond acceptors (Lipinski definition) is 7. The number of ether oxygens (including phenoxy) is 2. The van der Waals surface area contributed by atoms with Gasteiger partial charge in [-0.25, -0.2) is 0 Å². The summed E-state index contributed by atoms with van der Waals surface area (Å²) in [6.45, 7) is 2.70. The number of rotatable bonds is 8. The van der Waals surface area contributed by atoms with Crippen molar-refractivity contribution < 1.29 is 19.2 Å². The smallest absolute Gasteiger partial charge is 0.280 e. The number of carbonyl (C=O) groups is 1. The van der Waals surface area contributed by atoms with Crippen molar-refractivity contribution in [3.05, 3.63) is 68.6 Å². The van der Waals surface area contributed by atoms with Crippen molar-refractivity contribution in [2.45, 2.75) is 20.0 Å². The predicted molar refractivity (Wildman–Crippen MR) is 121 cm³/mol. The van der Waals surface area contributed by atoms with Gasteiger partial charge in [-0.05, 0) is 24.1 Å². The molecule has 2 aromatic rings. The Balaban J connectivity index is 1.94. The zero-order valence-electron chi connectivity index (χ0n) is 16.5. The maximum Gasteiger partial charge on any atom is 0.280 e. The lowest BCUT2D eigenvalue weighted by Crippen LogP contribution is -2.28. The van der Waals surface area contributed by atoms with Gasteiger partial charge in [0, 0.05) is 6.54 Å². The normalized spacial score (nSPS) is 15.0. The minimum atomic E-state index is -0.507. The van der Waals surface area contributed by atoms with E-state index in [1.807, 2.05) is 37.3 Å². The van der Waals surface area contributed by atoms with E-state index in [0.29, 0.717) is 21.5 Å². The van der Waals surface area contributed by atoms with Gasteiger partial charge in [0.05, 0.1) is 28.6 Å². The molecule has 3 rings (SSSR count). The SMILES string of the molecule is CCCN1C(=O)/C(=C/c2cc(OC)c(OCc3ccccc3)cc2[N+](=O)[O-])SC1=S. The monoisotopic (exact) mass is 444 g/mol. The van der Waals surface area contributed by atoms with Crippen molar-refractivity contribution in [3.8, 4) is 11.5 Å². The number of methoxy groups -OCH3 is 1. The first-order valence-electron chi connectivity index (χ1n) is 9.23. The van der Waals surface area contributed by atoms with Gasteiger partial charge in [0.1, 0.15) is 10.9 Å². The molecule has 7 nitrogen and oxygen atoms in total. The Kier molecular flexibility index (Phi) is 7.07. The number of hydrogen-bond donors (Lipinski definition) is 0. The van der Waals surface area contributed by atoms with Gasteiger partial charge in [-0.3, -0.25) is 19.8 Å². The van der Waals surface area contributed by atoms with Crippen LogP contribution in [0.2, 0.25) is 0 Å². The highest BCUT2D eigenvalue weighted by molar-refractivity contribution is 8.26. The second-order valence-corrected chi connectivity index (χ2v) is 8.10. The van der Waals surface area contributed by atoms with Crippen LogP contribution >= 0.6 is 24.0 Å². The number of nitrogens with zero attached hydrogens (tertiary/aromatic N) is 2. The van der Waals surface area contributed by atoms with Crippen LogP contribution in [0.15, 0.2) is 47.4 Å². The summed E-state index contributed by atoms with van der Waals surface area (Å²) in [6, 6.07) is 12.3. The van der Waals surface area contributed by atoms with E-state index in [-0.39, 0.29) is 29.5 Å². The van der Waals surface area contributed by atoms with Crippen LogP contribution in [0.4, 0.5) is 5.69 Å². The average Bonchev–Trinajstić information content (AvgIpc) is 3.00. The second kappa shape index (κ2) is 9.73. The predicted octanol–water partition coefficient (Wildman–Crippen LogP) is 4.79. The van der Waals surface area contributed by atoms with Gasteiger partial charge in [0.2, 0.25) is 0 Å². The Bertz CT molecular complexity index is 1010. The molecule has 0 aromatic heterocycles. The fraction of sp³-hybridized carbons (Fsp3) is 0.238. The van der Waals surface area contributed by atoms with Crippen LogP contribution in [0.25, 0.3) is 6.08 Å². The molecule has 1 saturated heterocycles. The Morgan fingerprint density at radius 2 is 1.97 bits per heavy atom. The molecule has 156 valence electrons. The molecule has 30 heavy (non-hydrogen) atoms. The zero-order valence-corrected chi connectivity index (χ0v) is 18.1. The number of benzene rings is 2. The molecule has 1 heterocycles. The lowest BCUT2D eigenvalue weighted by Gasteiger charge is -2.13. The van der Waals surface area contributed by atoms with Crippen molar-refractivity contribution in [2.75, 3.05) is 13.7 Å². The molecule has 1 fully saturated rings. The summed E-state index contributed by atoms with van der Waals surface area (Å²) in [5, 5.41) is 11.7. The minimum Gasteiger partial charge on any atom is -0.493 e. The lowest BCUT2D eigenvalue weighted by atomic mass is 10.1. The fourth-order valence-corrected chi connectivity index (χ4v) is 4.20. The first-order valence-corrected chi connectivity index (χ1v) is 10.5. The minimum absolute atomic E-state index is 0.181. The molecule has 2 aromatic carbocycles. The first kappa shape index (κ1) is 21.8. The Hall–Kier alpha value is -2.91. The Labute approximate surface area is 183 Å². The van der Waals surface area contributed by atoms with E-state index < -0.39 is 4.92 Å². The van der Waals surface area contributed by atoms with E-state index in [0.717, 1.165) is 23.7 Å². The third-order valence-electron chi connectivity index (χ3n) is 4.35. The maximum absolute atomic E-state index is 12.6. The van der Waals surface area contributed by atoms with Gasteiger partial charge in [-0.15, -0.1) is 0 Å². The van der Waals surface area contributed by atoms with Crippen molar-refractivity contribution in [2.24, 2.45) is 0 Å². The van der Waals surface area contributed by atoms with Gasteiger partial charge in [-0.2, -0.15) is 0 Å². The van der Waals surface area contributed by atoms with E-state index in [4.69, 9.17) is 21.7 Å². The van der Waals surface area contributed by atoms with Gasteiger partial charge in [0.25, 0.3) is 11.6 Å². The third-order valence-corrected chi connectivity index (χ3v) is 5.73. The molecule has 9 heteroatoms. The van der Waals surface area contributed by atoms with Crippen LogP contribution in [0.5, 0.6) is 11.5 Å². The lowest BCUT2D eigenvalue weighted by molar-refractivity contribution is -0.385. The summed E-state index contributed by atoms with van der Waals surface area (Å²) in [6.07, 6.45) is 2.25. The highest BCUT2D eigenvalue weighted by Crippen LogP contribution is 2.39. The number of thioether (sulfide) groups is 1.